The van der Waals surface area contributed by atoms with Crippen LogP contribution < -0.4 is 0 Å². The van der Waals surface area contributed by atoms with E-state index in [9.17, 15) is 4.79 Å². The quantitative estimate of drug-likeness (QED) is 0.782. The number of carbonyl (C=O) groups excluding carboxylic acids is 1. The van der Waals surface area contributed by atoms with Crippen LogP contribution >= 0.6 is 12.6 Å². The van der Waals surface area contributed by atoms with E-state index in [1.165, 1.54) is 0 Å². The molecule has 1 aromatic carbocycles. The first-order valence-electron chi connectivity index (χ1n) is 5.79. The highest BCUT2D eigenvalue weighted by atomic mass is 32.1. The summed E-state index contributed by atoms with van der Waals surface area (Å²) in [5.41, 5.74) is 0.725. The van der Waals surface area contributed by atoms with Crippen molar-refractivity contribution in [2.45, 2.75) is 24.7 Å². The third kappa shape index (κ3) is 2.24. The lowest BCUT2D eigenvalue weighted by molar-refractivity contribution is 0.0783. The SMILES string of the molecule is CCC1CCN(C(=O)c2ccccc2S)C1. The molecule has 3 heteroatoms. The van der Waals surface area contributed by atoms with E-state index in [1.54, 1.807) is 0 Å². The number of nitrogens with zero attached hydrogens (tertiary/aromatic N) is 1. The number of hydrogen-bond donors (Lipinski definition) is 1. The maximum absolute atomic E-state index is 12.2. The highest BCUT2D eigenvalue weighted by molar-refractivity contribution is 7.80. The Morgan fingerprint density at radius 3 is 2.88 bits per heavy atom. The van der Waals surface area contributed by atoms with Gasteiger partial charge in [0.15, 0.2) is 0 Å². The molecule has 1 unspecified atom stereocenters. The van der Waals surface area contributed by atoms with Gasteiger partial charge in [-0.2, -0.15) is 0 Å². The van der Waals surface area contributed by atoms with Gasteiger partial charge in [-0.25, -0.2) is 0 Å². The first-order valence-corrected chi connectivity index (χ1v) is 6.24. The van der Waals surface area contributed by atoms with Gasteiger partial charge < -0.3 is 4.90 Å². The molecular formula is C13H17NOS. The lowest BCUT2D eigenvalue weighted by atomic mass is 10.1. The van der Waals surface area contributed by atoms with E-state index in [4.69, 9.17) is 0 Å². The molecule has 0 N–H and O–H groups in total. The molecule has 0 spiro atoms. The van der Waals surface area contributed by atoms with Gasteiger partial charge in [-0.1, -0.05) is 25.5 Å². The van der Waals surface area contributed by atoms with Gasteiger partial charge in [-0.05, 0) is 24.5 Å². The van der Waals surface area contributed by atoms with Crippen LogP contribution in [0.2, 0.25) is 0 Å². The third-order valence-electron chi connectivity index (χ3n) is 3.28. The van der Waals surface area contributed by atoms with Crippen LogP contribution in [0.3, 0.4) is 0 Å². The zero-order valence-electron chi connectivity index (χ0n) is 9.52. The molecule has 0 bridgehead atoms. The normalized spacial score (nSPS) is 20.1. The minimum absolute atomic E-state index is 0.126. The van der Waals surface area contributed by atoms with E-state index in [1.807, 2.05) is 29.2 Å². The Morgan fingerprint density at radius 1 is 1.50 bits per heavy atom. The van der Waals surface area contributed by atoms with E-state index < -0.39 is 0 Å². The lowest BCUT2D eigenvalue weighted by Gasteiger charge is -2.17. The van der Waals surface area contributed by atoms with Crippen LogP contribution in [0, 0.1) is 5.92 Å². The summed E-state index contributed by atoms with van der Waals surface area (Å²) >= 11 is 4.33. The molecule has 1 amide bonds. The molecular weight excluding hydrogens is 218 g/mol. The number of amides is 1. The Hall–Kier alpha value is -0.960. The van der Waals surface area contributed by atoms with Gasteiger partial charge in [0.1, 0.15) is 0 Å². The van der Waals surface area contributed by atoms with E-state index in [0.717, 1.165) is 36.4 Å². The largest absolute Gasteiger partial charge is 0.338 e. The number of thiol groups is 1. The molecule has 0 radical (unpaired) electrons. The summed E-state index contributed by atoms with van der Waals surface area (Å²) in [7, 11) is 0. The smallest absolute Gasteiger partial charge is 0.254 e. The predicted molar refractivity (Wildman–Crippen MR) is 68.0 cm³/mol. The third-order valence-corrected chi connectivity index (χ3v) is 3.67. The molecule has 86 valence electrons. The van der Waals surface area contributed by atoms with Gasteiger partial charge in [0.05, 0.1) is 5.56 Å². The van der Waals surface area contributed by atoms with E-state index in [-0.39, 0.29) is 5.91 Å². The number of benzene rings is 1. The van der Waals surface area contributed by atoms with Crippen molar-refractivity contribution in [2.24, 2.45) is 5.92 Å². The van der Waals surface area contributed by atoms with Crippen molar-refractivity contribution >= 4 is 18.5 Å². The van der Waals surface area contributed by atoms with Crippen molar-refractivity contribution in [1.82, 2.24) is 4.90 Å². The van der Waals surface area contributed by atoms with Crippen LogP contribution in [0.4, 0.5) is 0 Å². The topological polar surface area (TPSA) is 20.3 Å². The van der Waals surface area contributed by atoms with Crippen LogP contribution in [0.15, 0.2) is 29.2 Å². The monoisotopic (exact) mass is 235 g/mol. The highest BCUT2D eigenvalue weighted by Gasteiger charge is 2.26. The predicted octanol–water partition coefficient (Wildman–Crippen LogP) is 2.85. The van der Waals surface area contributed by atoms with Gasteiger partial charge in [0.25, 0.3) is 5.91 Å². The van der Waals surface area contributed by atoms with E-state index in [2.05, 4.69) is 19.6 Å². The fourth-order valence-electron chi connectivity index (χ4n) is 2.18. The van der Waals surface area contributed by atoms with Crippen LogP contribution in [-0.4, -0.2) is 23.9 Å². The summed E-state index contributed by atoms with van der Waals surface area (Å²) in [5.74, 6) is 0.803. The van der Waals surface area contributed by atoms with E-state index in [0.29, 0.717) is 5.92 Å². The molecule has 1 aliphatic rings. The Balaban J connectivity index is 2.12. The second-order valence-electron chi connectivity index (χ2n) is 4.33. The van der Waals surface area contributed by atoms with Crippen molar-refractivity contribution in [2.75, 3.05) is 13.1 Å². The van der Waals surface area contributed by atoms with Crippen LogP contribution in [-0.2, 0) is 0 Å². The molecule has 0 saturated carbocycles. The summed E-state index contributed by atoms with van der Waals surface area (Å²) < 4.78 is 0. The summed E-state index contributed by atoms with van der Waals surface area (Å²) in [4.78, 5) is 14.9. The number of carbonyl (C=O) groups is 1. The molecule has 1 aliphatic heterocycles. The molecule has 1 atom stereocenters. The highest BCUT2D eigenvalue weighted by Crippen LogP contribution is 2.23. The van der Waals surface area contributed by atoms with Gasteiger partial charge in [0.2, 0.25) is 0 Å². The molecule has 16 heavy (non-hydrogen) atoms. The average Bonchev–Trinajstić information content (AvgIpc) is 2.77. The Labute approximate surface area is 102 Å². The zero-order valence-corrected chi connectivity index (χ0v) is 10.4. The van der Waals surface area contributed by atoms with Gasteiger partial charge in [-0.15, -0.1) is 12.6 Å². The Bertz CT molecular complexity index is 391. The minimum Gasteiger partial charge on any atom is -0.338 e. The molecule has 1 heterocycles. The zero-order chi connectivity index (χ0) is 11.5. The lowest BCUT2D eigenvalue weighted by Crippen LogP contribution is -2.28. The van der Waals surface area contributed by atoms with Crippen molar-refractivity contribution in [3.63, 3.8) is 0 Å². The van der Waals surface area contributed by atoms with Crippen molar-refractivity contribution in [3.05, 3.63) is 29.8 Å². The van der Waals surface area contributed by atoms with Crippen molar-refractivity contribution < 1.29 is 4.79 Å². The molecule has 1 aromatic rings. The Morgan fingerprint density at radius 2 is 2.25 bits per heavy atom. The summed E-state index contributed by atoms with van der Waals surface area (Å²) in [6.07, 6.45) is 2.29. The average molecular weight is 235 g/mol. The maximum atomic E-state index is 12.2. The first kappa shape index (κ1) is 11.5. The summed E-state index contributed by atoms with van der Waals surface area (Å²) in [5, 5.41) is 0. The van der Waals surface area contributed by atoms with Gasteiger partial charge in [-0.3, -0.25) is 4.79 Å². The minimum atomic E-state index is 0.126. The molecule has 0 aliphatic carbocycles. The van der Waals surface area contributed by atoms with Crippen molar-refractivity contribution in [3.8, 4) is 0 Å². The summed E-state index contributed by atoms with van der Waals surface area (Å²) in [6, 6.07) is 7.51. The molecule has 1 fully saturated rings. The summed E-state index contributed by atoms with van der Waals surface area (Å²) in [6.45, 7) is 3.97. The van der Waals surface area contributed by atoms with Gasteiger partial charge in [0, 0.05) is 18.0 Å². The second kappa shape index (κ2) is 4.91. The number of rotatable bonds is 2. The molecule has 0 aromatic heterocycles. The fraction of sp³-hybridized carbons (Fsp3) is 0.462. The first-order chi connectivity index (χ1) is 7.72. The maximum Gasteiger partial charge on any atom is 0.254 e. The second-order valence-corrected chi connectivity index (χ2v) is 4.81. The fourth-order valence-corrected chi connectivity index (χ4v) is 2.43. The number of likely N-dealkylation sites (tertiary alicyclic amines) is 1. The van der Waals surface area contributed by atoms with E-state index >= 15 is 0 Å². The van der Waals surface area contributed by atoms with Crippen molar-refractivity contribution in [1.29, 1.82) is 0 Å². The Kier molecular flexibility index (Phi) is 3.54. The molecule has 2 rings (SSSR count). The number of hydrogen-bond acceptors (Lipinski definition) is 2. The van der Waals surface area contributed by atoms with Crippen LogP contribution in [0.1, 0.15) is 30.1 Å². The standard InChI is InChI=1S/C13H17NOS/c1-2-10-7-8-14(9-10)13(15)11-5-3-4-6-12(11)16/h3-6,10,16H,2,7-9H2,1H3. The van der Waals surface area contributed by atoms with Crippen LogP contribution in [0.25, 0.3) is 0 Å². The van der Waals surface area contributed by atoms with Gasteiger partial charge >= 0.3 is 0 Å². The molecule has 1 saturated heterocycles. The van der Waals surface area contributed by atoms with Crippen LogP contribution in [0.5, 0.6) is 0 Å². The molecule has 2 nitrogen and oxygen atoms in total.